The Morgan fingerprint density at radius 3 is 2.31 bits per heavy atom. The van der Waals surface area contributed by atoms with E-state index in [4.69, 9.17) is 4.74 Å². The van der Waals surface area contributed by atoms with Gasteiger partial charge in [-0.3, -0.25) is 20.4 Å². The summed E-state index contributed by atoms with van der Waals surface area (Å²) in [7, 11) is 0. The third-order valence-electron chi connectivity index (χ3n) is 3.63. The maximum Gasteiger partial charge on any atom is 0.269 e. The van der Waals surface area contributed by atoms with Crippen molar-refractivity contribution >= 4 is 17.5 Å². The fourth-order valence-electron chi connectivity index (χ4n) is 2.39. The Balaban J connectivity index is 1.80. The zero-order valence-corrected chi connectivity index (χ0v) is 15.6. The van der Waals surface area contributed by atoms with Crippen LogP contribution >= 0.6 is 0 Å². The maximum absolute atomic E-state index is 12.1. The molecule has 0 aliphatic heterocycles. The van der Waals surface area contributed by atoms with Crippen molar-refractivity contribution < 1.29 is 14.3 Å². The van der Waals surface area contributed by atoms with Gasteiger partial charge in [0.05, 0.1) is 12.6 Å². The lowest BCUT2D eigenvalue weighted by Crippen LogP contribution is -2.44. The van der Waals surface area contributed by atoms with E-state index in [0.29, 0.717) is 11.3 Å². The van der Waals surface area contributed by atoms with Gasteiger partial charge in [-0.1, -0.05) is 17.7 Å². The van der Waals surface area contributed by atoms with E-state index < -0.39 is 0 Å². The summed E-state index contributed by atoms with van der Waals surface area (Å²) in [5.41, 5.74) is 8.34. The van der Waals surface area contributed by atoms with Crippen LogP contribution in [0.4, 0.5) is 5.69 Å². The van der Waals surface area contributed by atoms with Crippen molar-refractivity contribution in [2.24, 2.45) is 0 Å². The number of amides is 2. The van der Waals surface area contributed by atoms with Crippen molar-refractivity contribution in [3.8, 4) is 5.75 Å². The smallest absolute Gasteiger partial charge is 0.269 e. The van der Waals surface area contributed by atoms with Gasteiger partial charge in [0.2, 0.25) is 0 Å². The van der Waals surface area contributed by atoms with E-state index in [1.165, 1.54) is 0 Å². The monoisotopic (exact) mass is 355 g/mol. The van der Waals surface area contributed by atoms with Gasteiger partial charge in [0.1, 0.15) is 5.75 Å². The predicted octanol–water partition coefficient (Wildman–Crippen LogP) is 2.96. The lowest BCUT2D eigenvalue weighted by atomic mass is 10.1. The molecule has 3 N–H and O–H groups in total. The standard InChI is InChI=1S/C20H25N3O3/c1-13(2)26-17-8-6-16(7-9-17)20(25)23-22-19(24)12-21-18-10-5-14(3)11-15(18)4/h5-11,13,21H,12H2,1-4H3,(H,22,24)(H,23,25). The minimum absolute atomic E-state index is 0.0609. The van der Waals surface area contributed by atoms with Gasteiger partial charge in [0.25, 0.3) is 11.8 Å². The van der Waals surface area contributed by atoms with E-state index in [2.05, 4.69) is 16.2 Å². The molecule has 0 aromatic heterocycles. The molecule has 0 fully saturated rings. The average Bonchev–Trinajstić information content (AvgIpc) is 2.59. The van der Waals surface area contributed by atoms with Crippen LogP contribution in [-0.2, 0) is 4.79 Å². The average molecular weight is 355 g/mol. The number of carbonyl (C=O) groups excluding carboxylic acids is 2. The fraction of sp³-hybridized carbons (Fsp3) is 0.300. The van der Waals surface area contributed by atoms with Gasteiger partial charge in [0, 0.05) is 11.3 Å². The van der Waals surface area contributed by atoms with Crippen molar-refractivity contribution in [1.82, 2.24) is 10.9 Å². The van der Waals surface area contributed by atoms with Gasteiger partial charge < -0.3 is 10.1 Å². The van der Waals surface area contributed by atoms with Crippen molar-refractivity contribution in [1.29, 1.82) is 0 Å². The molecule has 2 rings (SSSR count). The van der Waals surface area contributed by atoms with Crippen LogP contribution in [0, 0.1) is 13.8 Å². The molecule has 0 spiro atoms. The highest BCUT2D eigenvalue weighted by atomic mass is 16.5. The van der Waals surface area contributed by atoms with Gasteiger partial charge in [-0.25, -0.2) is 0 Å². The number of hydrogen-bond acceptors (Lipinski definition) is 4. The van der Waals surface area contributed by atoms with E-state index in [1.54, 1.807) is 24.3 Å². The summed E-state index contributed by atoms with van der Waals surface area (Å²) in [5.74, 6) is -0.0303. The minimum atomic E-state index is -0.388. The Kier molecular flexibility index (Phi) is 6.60. The van der Waals surface area contributed by atoms with E-state index in [-0.39, 0.29) is 24.5 Å². The van der Waals surface area contributed by atoms with E-state index in [0.717, 1.165) is 16.8 Å². The van der Waals surface area contributed by atoms with Crippen LogP contribution in [0.25, 0.3) is 0 Å². The molecule has 2 amide bonds. The van der Waals surface area contributed by atoms with E-state index in [1.807, 2.05) is 45.9 Å². The van der Waals surface area contributed by atoms with E-state index in [9.17, 15) is 9.59 Å². The molecular formula is C20H25N3O3. The number of aryl methyl sites for hydroxylation is 2. The molecule has 0 unspecified atom stereocenters. The van der Waals surface area contributed by atoms with Crippen LogP contribution in [0.5, 0.6) is 5.75 Å². The van der Waals surface area contributed by atoms with Crippen molar-refractivity contribution in [2.75, 3.05) is 11.9 Å². The van der Waals surface area contributed by atoms with Crippen molar-refractivity contribution in [3.63, 3.8) is 0 Å². The lowest BCUT2D eigenvalue weighted by Gasteiger charge is -2.12. The second kappa shape index (κ2) is 8.89. The first-order valence-corrected chi connectivity index (χ1v) is 8.52. The Labute approximate surface area is 153 Å². The van der Waals surface area contributed by atoms with E-state index >= 15 is 0 Å². The molecule has 0 saturated heterocycles. The number of hydrogen-bond donors (Lipinski definition) is 3. The van der Waals surface area contributed by atoms with Gasteiger partial charge in [-0.15, -0.1) is 0 Å². The molecule has 2 aromatic carbocycles. The molecule has 0 aliphatic carbocycles. The summed E-state index contributed by atoms with van der Waals surface area (Å²) in [6.07, 6.45) is 0.0682. The molecule has 0 aliphatic rings. The van der Waals surface area contributed by atoms with Gasteiger partial charge in [-0.2, -0.15) is 0 Å². The first-order chi connectivity index (χ1) is 12.3. The predicted molar refractivity (Wildman–Crippen MR) is 102 cm³/mol. The zero-order chi connectivity index (χ0) is 19.1. The van der Waals surface area contributed by atoms with Crippen molar-refractivity contribution in [3.05, 3.63) is 59.2 Å². The third kappa shape index (κ3) is 5.81. The van der Waals surface area contributed by atoms with Gasteiger partial charge in [0.15, 0.2) is 0 Å². The molecule has 0 saturated carbocycles. The minimum Gasteiger partial charge on any atom is -0.491 e. The summed E-state index contributed by atoms with van der Waals surface area (Å²) in [6.45, 7) is 7.91. The summed E-state index contributed by atoms with van der Waals surface area (Å²) in [6, 6.07) is 12.7. The Morgan fingerprint density at radius 2 is 1.69 bits per heavy atom. The Morgan fingerprint density at radius 1 is 1.00 bits per heavy atom. The summed E-state index contributed by atoms with van der Waals surface area (Å²) in [5, 5.41) is 3.05. The second-order valence-corrected chi connectivity index (χ2v) is 6.37. The Bertz CT molecular complexity index is 770. The number of benzene rings is 2. The highest BCUT2D eigenvalue weighted by molar-refractivity contribution is 5.95. The molecule has 138 valence electrons. The quantitative estimate of drug-likeness (QED) is 0.696. The lowest BCUT2D eigenvalue weighted by molar-refractivity contribution is -0.120. The van der Waals surface area contributed by atoms with Gasteiger partial charge in [-0.05, 0) is 63.6 Å². The van der Waals surface area contributed by atoms with Crippen LogP contribution in [0.15, 0.2) is 42.5 Å². The van der Waals surface area contributed by atoms with Crippen LogP contribution < -0.4 is 20.9 Å². The molecule has 0 radical (unpaired) electrons. The second-order valence-electron chi connectivity index (χ2n) is 6.37. The highest BCUT2D eigenvalue weighted by Gasteiger charge is 2.08. The summed E-state index contributed by atoms with van der Waals surface area (Å²) < 4.78 is 5.53. The Hall–Kier alpha value is -3.02. The number of ether oxygens (including phenoxy) is 1. The molecule has 0 heterocycles. The number of anilines is 1. The molecule has 2 aromatic rings. The summed E-state index contributed by atoms with van der Waals surface area (Å²) in [4.78, 5) is 24.0. The zero-order valence-electron chi connectivity index (χ0n) is 15.6. The highest BCUT2D eigenvalue weighted by Crippen LogP contribution is 2.15. The summed E-state index contributed by atoms with van der Waals surface area (Å²) >= 11 is 0. The largest absolute Gasteiger partial charge is 0.491 e. The van der Waals surface area contributed by atoms with Crippen LogP contribution in [0.3, 0.4) is 0 Å². The number of nitrogens with one attached hydrogen (secondary N) is 3. The molecule has 6 heteroatoms. The first-order valence-electron chi connectivity index (χ1n) is 8.52. The fourth-order valence-corrected chi connectivity index (χ4v) is 2.39. The number of rotatable bonds is 6. The number of hydrazine groups is 1. The van der Waals surface area contributed by atoms with Crippen LogP contribution in [0.2, 0.25) is 0 Å². The molecule has 0 bridgehead atoms. The van der Waals surface area contributed by atoms with Crippen molar-refractivity contribution in [2.45, 2.75) is 33.8 Å². The topological polar surface area (TPSA) is 79.5 Å². The van der Waals surface area contributed by atoms with Gasteiger partial charge >= 0.3 is 0 Å². The molecular weight excluding hydrogens is 330 g/mol. The molecule has 26 heavy (non-hydrogen) atoms. The maximum atomic E-state index is 12.1. The normalized spacial score (nSPS) is 10.3. The van der Waals surface area contributed by atoms with Crippen LogP contribution in [-0.4, -0.2) is 24.5 Å². The molecule has 0 atom stereocenters. The molecule has 6 nitrogen and oxygen atoms in total. The first kappa shape index (κ1) is 19.3. The third-order valence-corrected chi connectivity index (χ3v) is 3.63. The SMILES string of the molecule is Cc1ccc(NCC(=O)NNC(=O)c2ccc(OC(C)C)cc2)c(C)c1. The van der Waals surface area contributed by atoms with Crippen LogP contribution in [0.1, 0.15) is 35.3 Å². The number of carbonyl (C=O) groups is 2.